The number of alkyl halides is 1. The SMILES string of the molecule is CCCC(Cl)(C(=O)O)c1ccc(Cl)cc1Cl. The third-order valence-corrected chi connectivity index (χ3v) is 3.39. The number of aliphatic carboxylic acids is 1. The van der Waals surface area contributed by atoms with E-state index in [0.29, 0.717) is 23.4 Å². The van der Waals surface area contributed by atoms with Crippen molar-refractivity contribution in [3.05, 3.63) is 33.8 Å². The Morgan fingerprint density at radius 2 is 2.06 bits per heavy atom. The molecular weight excluding hydrogens is 270 g/mol. The van der Waals surface area contributed by atoms with Crippen molar-refractivity contribution in [3.63, 3.8) is 0 Å². The topological polar surface area (TPSA) is 37.3 Å². The second-order valence-electron chi connectivity index (χ2n) is 3.48. The van der Waals surface area contributed by atoms with Gasteiger partial charge >= 0.3 is 5.97 Å². The summed E-state index contributed by atoms with van der Waals surface area (Å²) in [6, 6.07) is 4.63. The van der Waals surface area contributed by atoms with E-state index in [1.165, 1.54) is 6.07 Å². The van der Waals surface area contributed by atoms with Gasteiger partial charge in [-0.25, -0.2) is 4.79 Å². The molecule has 0 saturated heterocycles. The Hall–Kier alpha value is -0.440. The monoisotopic (exact) mass is 280 g/mol. The van der Waals surface area contributed by atoms with Gasteiger partial charge in [0.25, 0.3) is 0 Å². The lowest BCUT2D eigenvalue weighted by molar-refractivity contribution is -0.140. The number of rotatable bonds is 4. The van der Waals surface area contributed by atoms with Crippen molar-refractivity contribution in [2.45, 2.75) is 24.6 Å². The Bertz CT molecular complexity index is 406. The van der Waals surface area contributed by atoms with Crippen molar-refractivity contribution in [2.75, 3.05) is 0 Å². The van der Waals surface area contributed by atoms with Crippen LogP contribution in [-0.4, -0.2) is 11.1 Å². The fraction of sp³-hybridized carbons (Fsp3) is 0.364. The largest absolute Gasteiger partial charge is 0.480 e. The Morgan fingerprint density at radius 1 is 1.44 bits per heavy atom. The van der Waals surface area contributed by atoms with Crippen LogP contribution < -0.4 is 0 Å². The summed E-state index contributed by atoms with van der Waals surface area (Å²) in [4.78, 5) is 9.75. The molecule has 5 heteroatoms. The van der Waals surface area contributed by atoms with Gasteiger partial charge in [-0.15, -0.1) is 11.6 Å². The highest BCUT2D eigenvalue weighted by atomic mass is 35.5. The van der Waals surface area contributed by atoms with E-state index in [1.54, 1.807) is 12.1 Å². The van der Waals surface area contributed by atoms with Crippen molar-refractivity contribution in [1.82, 2.24) is 0 Å². The number of halogens is 3. The van der Waals surface area contributed by atoms with E-state index >= 15 is 0 Å². The highest BCUT2D eigenvalue weighted by Gasteiger charge is 2.38. The van der Waals surface area contributed by atoms with E-state index < -0.39 is 10.8 Å². The zero-order valence-corrected chi connectivity index (χ0v) is 10.9. The molecule has 1 atom stereocenters. The lowest BCUT2D eigenvalue weighted by Crippen LogP contribution is -2.29. The van der Waals surface area contributed by atoms with Gasteiger partial charge in [0.15, 0.2) is 4.87 Å². The van der Waals surface area contributed by atoms with Crippen molar-refractivity contribution in [3.8, 4) is 0 Å². The molecule has 1 unspecified atom stereocenters. The lowest BCUT2D eigenvalue weighted by Gasteiger charge is -2.23. The maximum Gasteiger partial charge on any atom is 0.329 e. The highest BCUT2D eigenvalue weighted by molar-refractivity contribution is 6.38. The van der Waals surface area contributed by atoms with Crippen LogP contribution in [0.5, 0.6) is 0 Å². The zero-order valence-electron chi connectivity index (χ0n) is 8.64. The first-order valence-corrected chi connectivity index (χ1v) is 5.93. The average Bonchev–Trinajstić information content (AvgIpc) is 2.17. The summed E-state index contributed by atoms with van der Waals surface area (Å²) in [5.74, 6) is -1.10. The van der Waals surface area contributed by atoms with Gasteiger partial charge in [-0.3, -0.25) is 0 Å². The van der Waals surface area contributed by atoms with Crippen molar-refractivity contribution >= 4 is 40.8 Å². The summed E-state index contributed by atoms with van der Waals surface area (Å²) in [6.07, 6.45) is 0.958. The summed E-state index contributed by atoms with van der Waals surface area (Å²) in [5, 5.41) is 9.92. The molecule has 1 aromatic rings. The van der Waals surface area contributed by atoms with Crippen LogP contribution in [0.1, 0.15) is 25.3 Å². The molecule has 88 valence electrons. The van der Waals surface area contributed by atoms with Crippen LogP contribution in [0.25, 0.3) is 0 Å². The summed E-state index contributed by atoms with van der Waals surface area (Å²) < 4.78 is 0. The molecule has 16 heavy (non-hydrogen) atoms. The summed E-state index contributed by atoms with van der Waals surface area (Å²) in [6.45, 7) is 1.86. The maximum atomic E-state index is 11.2. The molecule has 2 nitrogen and oxygen atoms in total. The van der Waals surface area contributed by atoms with Gasteiger partial charge in [0.1, 0.15) is 0 Å². The standard InChI is InChI=1S/C11H11Cl3O2/c1-2-5-11(14,10(15)16)8-4-3-7(12)6-9(8)13/h3-4,6H,2,5H2,1H3,(H,15,16). The van der Waals surface area contributed by atoms with Crippen LogP contribution in [-0.2, 0) is 9.67 Å². The van der Waals surface area contributed by atoms with Crippen LogP contribution in [0.2, 0.25) is 10.0 Å². The maximum absolute atomic E-state index is 11.2. The van der Waals surface area contributed by atoms with E-state index in [-0.39, 0.29) is 5.02 Å². The smallest absolute Gasteiger partial charge is 0.329 e. The predicted octanol–water partition coefficient (Wildman–Crippen LogP) is 4.31. The van der Waals surface area contributed by atoms with Gasteiger partial charge in [-0.05, 0) is 18.6 Å². The second-order valence-corrected chi connectivity index (χ2v) is 4.97. The van der Waals surface area contributed by atoms with Gasteiger partial charge in [-0.1, -0.05) is 42.6 Å². The first-order valence-electron chi connectivity index (χ1n) is 4.79. The molecule has 1 rings (SSSR count). The molecule has 0 spiro atoms. The zero-order chi connectivity index (χ0) is 12.3. The predicted molar refractivity (Wildman–Crippen MR) is 66.5 cm³/mol. The van der Waals surface area contributed by atoms with E-state index in [2.05, 4.69) is 0 Å². The van der Waals surface area contributed by atoms with E-state index in [4.69, 9.17) is 34.8 Å². The number of carboxylic acid groups (broad SMARTS) is 1. The molecule has 1 N–H and O–H groups in total. The number of carboxylic acids is 1. The van der Waals surface area contributed by atoms with Crippen LogP contribution in [0.15, 0.2) is 18.2 Å². The van der Waals surface area contributed by atoms with Crippen LogP contribution in [0.3, 0.4) is 0 Å². The van der Waals surface area contributed by atoms with Gasteiger partial charge in [0, 0.05) is 15.6 Å². The van der Waals surface area contributed by atoms with Crippen molar-refractivity contribution in [2.24, 2.45) is 0 Å². The molecule has 0 heterocycles. The third kappa shape index (κ3) is 2.62. The third-order valence-electron chi connectivity index (χ3n) is 2.29. The number of hydrogen-bond donors (Lipinski definition) is 1. The van der Waals surface area contributed by atoms with Crippen molar-refractivity contribution < 1.29 is 9.90 Å². The first kappa shape index (κ1) is 13.6. The van der Waals surface area contributed by atoms with Gasteiger partial charge in [0.05, 0.1) is 0 Å². The molecule has 0 fully saturated rings. The Balaban J connectivity index is 3.26. The fourth-order valence-electron chi connectivity index (χ4n) is 1.51. The normalized spacial score (nSPS) is 14.5. The quantitative estimate of drug-likeness (QED) is 0.835. The summed E-state index contributed by atoms with van der Waals surface area (Å²) in [7, 11) is 0. The molecule has 0 bridgehead atoms. The van der Waals surface area contributed by atoms with E-state index in [1.807, 2.05) is 6.92 Å². The molecule has 0 aliphatic rings. The van der Waals surface area contributed by atoms with Crippen LogP contribution >= 0.6 is 34.8 Å². The Kier molecular flexibility index (Phi) is 4.48. The first-order chi connectivity index (χ1) is 7.41. The van der Waals surface area contributed by atoms with Crippen LogP contribution in [0, 0.1) is 0 Å². The minimum Gasteiger partial charge on any atom is -0.480 e. The molecule has 1 aromatic carbocycles. The molecule has 0 aliphatic carbocycles. The Labute approximate surface area is 109 Å². The van der Waals surface area contributed by atoms with Gasteiger partial charge in [-0.2, -0.15) is 0 Å². The minimum atomic E-state index is -1.48. The second kappa shape index (κ2) is 5.26. The Morgan fingerprint density at radius 3 is 2.50 bits per heavy atom. The highest BCUT2D eigenvalue weighted by Crippen LogP contribution is 2.39. The molecule has 0 amide bonds. The van der Waals surface area contributed by atoms with Crippen LogP contribution in [0.4, 0.5) is 0 Å². The number of benzene rings is 1. The summed E-state index contributed by atoms with van der Waals surface area (Å²) in [5.41, 5.74) is 0.384. The average molecular weight is 282 g/mol. The molecule has 0 radical (unpaired) electrons. The molecule has 0 aromatic heterocycles. The molecular formula is C11H11Cl3O2. The lowest BCUT2D eigenvalue weighted by atomic mass is 9.93. The number of hydrogen-bond acceptors (Lipinski definition) is 1. The van der Waals surface area contributed by atoms with Gasteiger partial charge in [0.2, 0.25) is 0 Å². The van der Waals surface area contributed by atoms with Crippen molar-refractivity contribution in [1.29, 1.82) is 0 Å². The van der Waals surface area contributed by atoms with E-state index in [0.717, 1.165) is 0 Å². The molecule has 0 aliphatic heterocycles. The van der Waals surface area contributed by atoms with Gasteiger partial charge < -0.3 is 5.11 Å². The minimum absolute atomic E-state index is 0.276. The fourth-order valence-corrected chi connectivity index (χ4v) is 2.48. The molecule has 0 saturated carbocycles. The summed E-state index contributed by atoms with van der Waals surface area (Å²) >= 11 is 17.8. The number of carbonyl (C=O) groups is 1. The van der Waals surface area contributed by atoms with E-state index in [9.17, 15) is 9.90 Å².